The van der Waals surface area contributed by atoms with Gasteiger partial charge in [-0.3, -0.25) is 18.2 Å². The molecule has 244 valence electrons. The van der Waals surface area contributed by atoms with Gasteiger partial charge < -0.3 is 5.73 Å². The van der Waals surface area contributed by atoms with E-state index >= 15 is 0 Å². The minimum absolute atomic E-state index is 0.00708. The van der Waals surface area contributed by atoms with Crippen molar-refractivity contribution < 1.29 is 51.9 Å². The number of rotatable bonds is 8. The molecule has 0 fully saturated rings. The third kappa shape index (κ3) is 7.01. The molecule has 5 aromatic carbocycles. The van der Waals surface area contributed by atoms with E-state index in [1.54, 1.807) is 0 Å². The molecule has 0 amide bonds. The van der Waals surface area contributed by atoms with Crippen LogP contribution in [-0.2, 0) is 40.5 Å². The van der Waals surface area contributed by atoms with Crippen LogP contribution < -0.4 is 5.73 Å². The quantitative estimate of drug-likeness (QED) is 0.0763. The minimum Gasteiger partial charge on any atom is -0.398 e. The molecule has 5 aromatic rings. The topological polar surface area (TPSA) is 293 Å². The SMILES string of the molecule is Nc1ccc(/N=N/c2ccc(/N=N/c3cc(S(=O)(=O)O)ccc3S(=O)(=O)O)c3ccc(S(=O)(=O)O)cc23)c2cccc(S(=O)(=O)O)c12. The summed E-state index contributed by atoms with van der Waals surface area (Å²) >= 11 is 0. The molecule has 0 unspecified atom stereocenters. The summed E-state index contributed by atoms with van der Waals surface area (Å²) in [6.07, 6.45) is 0. The van der Waals surface area contributed by atoms with E-state index in [1.807, 2.05) is 0 Å². The fraction of sp³-hybridized carbons (Fsp3) is 0. The molecule has 0 atom stereocenters. The molecule has 0 aliphatic rings. The zero-order valence-electron chi connectivity index (χ0n) is 23.1. The number of azo groups is 2. The van der Waals surface area contributed by atoms with Gasteiger partial charge in [0.15, 0.2) is 0 Å². The molecular weight excluding hydrogens is 703 g/mol. The molecule has 5 rings (SSSR count). The van der Waals surface area contributed by atoms with Gasteiger partial charge in [0.25, 0.3) is 40.5 Å². The number of benzene rings is 5. The normalized spacial score (nSPS) is 13.3. The smallest absolute Gasteiger partial charge is 0.296 e. The first-order valence-electron chi connectivity index (χ1n) is 12.5. The Hall–Kier alpha value is -4.74. The summed E-state index contributed by atoms with van der Waals surface area (Å²) in [7, 11) is -19.2. The van der Waals surface area contributed by atoms with Crippen LogP contribution in [0.3, 0.4) is 0 Å². The Morgan fingerprint density at radius 3 is 1.51 bits per heavy atom. The number of nitrogen functional groups attached to an aromatic ring is 1. The number of hydrogen-bond acceptors (Lipinski definition) is 13. The van der Waals surface area contributed by atoms with Crippen LogP contribution in [0.1, 0.15) is 0 Å². The number of hydrogen-bond donors (Lipinski definition) is 5. The van der Waals surface area contributed by atoms with Crippen molar-refractivity contribution in [3.63, 3.8) is 0 Å². The van der Waals surface area contributed by atoms with Crippen molar-refractivity contribution >= 4 is 90.5 Å². The fourth-order valence-electron chi connectivity index (χ4n) is 4.49. The largest absolute Gasteiger partial charge is 0.398 e. The van der Waals surface area contributed by atoms with Gasteiger partial charge in [0, 0.05) is 27.2 Å². The first-order valence-corrected chi connectivity index (χ1v) is 18.3. The lowest BCUT2D eigenvalue weighted by atomic mass is 10.1. The summed E-state index contributed by atoms with van der Waals surface area (Å²) in [6.45, 7) is 0. The molecule has 0 heterocycles. The van der Waals surface area contributed by atoms with Crippen LogP contribution in [0.5, 0.6) is 0 Å². The van der Waals surface area contributed by atoms with Crippen LogP contribution in [0.4, 0.5) is 28.4 Å². The van der Waals surface area contributed by atoms with E-state index in [1.165, 1.54) is 42.5 Å². The standard InChI is InChI=1S/C26H19N5O12S4/c27-19-7-8-21(17-2-1-3-25(26(17)19)47(41,42)43)29-30-22-10-9-20(16-6-4-14(12-18(16)22)44(32,33)34)28-31-23-13-15(45(35,36)37)5-11-24(23)46(38,39)40/h1-13H,27H2,(H,32,33,34)(H,35,36,37)(H,38,39,40)(H,41,42,43)/b30-29+,31-28+. The van der Waals surface area contributed by atoms with Crippen LogP contribution >= 0.6 is 0 Å². The molecule has 0 radical (unpaired) electrons. The van der Waals surface area contributed by atoms with Gasteiger partial charge in [0.1, 0.15) is 15.5 Å². The van der Waals surface area contributed by atoms with Crippen LogP contribution in [0.15, 0.2) is 119 Å². The molecule has 0 saturated carbocycles. The van der Waals surface area contributed by atoms with E-state index < -0.39 is 65.7 Å². The Morgan fingerprint density at radius 1 is 0.447 bits per heavy atom. The van der Waals surface area contributed by atoms with E-state index in [4.69, 9.17) is 5.73 Å². The number of fused-ring (bicyclic) bond motifs is 2. The summed E-state index contributed by atoms with van der Waals surface area (Å²) in [5.74, 6) is 0. The van der Waals surface area contributed by atoms with Gasteiger partial charge in [0.05, 0.1) is 26.9 Å². The second-order valence-corrected chi connectivity index (χ2v) is 15.2. The van der Waals surface area contributed by atoms with Crippen molar-refractivity contribution in [1.82, 2.24) is 0 Å². The molecule has 0 aliphatic carbocycles. The molecule has 0 aliphatic heterocycles. The lowest BCUT2D eigenvalue weighted by molar-refractivity contribution is 0.478. The number of nitrogens with two attached hydrogens (primary N) is 1. The predicted octanol–water partition coefficient (Wildman–Crippen LogP) is 5.39. The van der Waals surface area contributed by atoms with Gasteiger partial charge in [-0.05, 0) is 60.7 Å². The average Bonchev–Trinajstić information content (AvgIpc) is 2.97. The Kier molecular flexibility index (Phi) is 8.45. The van der Waals surface area contributed by atoms with Crippen molar-refractivity contribution in [2.24, 2.45) is 20.5 Å². The maximum absolute atomic E-state index is 11.9. The fourth-order valence-corrected chi connectivity index (χ4v) is 6.83. The zero-order chi connectivity index (χ0) is 34.5. The third-order valence-electron chi connectivity index (χ3n) is 6.57. The molecule has 47 heavy (non-hydrogen) atoms. The highest BCUT2D eigenvalue weighted by Crippen LogP contribution is 2.39. The molecule has 21 heteroatoms. The van der Waals surface area contributed by atoms with Gasteiger partial charge in [-0.25, -0.2) is 0 Å². The summed E-state index contributed by atoms with van der Waals surface area (Å²) in [6, 6.07) is 14.6. The van der Waals surface area contributed by atoms with Crippen molar-refractivity contribution in [2.75, 3.05) is 5.73 Å². The van der Waals surface area contributed by atoms with Crippen molar-refractivity contribution in [1.29, 1.82) is 0 Å². The van der Waals surface area contributed by atoms with Crippen LogP contribution in [-0.4, -0.2) is 51.9 Å². The van der Waals surface area contributed by atoms with Crippen molar-refractivity contribution in [3.05, 3.63) is 78.9 Å². The van der Waals surface area contributed by atoms with Gasteiger partial charge in [0.2, 0.25) is 0 Å². The maximum atomic E-state index is 11.9. The molecule has 0 spiro atoms. The van der Waals surface area contributed by atoms with Crippen LogP contribution in [0, 0.1) is 0 Å². The van der Waals surface area contributed by atoms with Gasteiger partial charge >= 0.3 is 0 Å². The predicted molar refractivity (Wildman–Crippen MR) is 166 cm³/mol. The van der Waals surface area contributed by atoms with E-state index in [-0.39, 0.29) is 44.3 Å². The highest BCUT2D eigenvalue weighted by Gasteiger charge is 2.21. The second-order valence-electron chi connectivity index (χ2n) is 9.59. The molecule has 0 saturated heterocycles. The Bertz CT molecular complexity index is 2640. The molecule has 0 bridgehead atoms. The highest BCUT2D eigenvalue weighted by atomic mass is 32.2. The Balaban J connectivity index is 1.69. The number of anilines is 1. The molecular formula is C26H19N5O12S4. The van der Waals surface area contributed by atoms with Gasteiger partial charge in [-0.2, -0.15) is 33.7 Å². The van der Waals surface area contributed by atoms with Gasteiger partial charge in [-0.15, -0.1) is 20.5 Å². The van der Waals surface area contributed by atoms with Crippen LogP contribution in [0.2, 0.25) is 0 Å². The lowest BCUT2D eigenvalue weighted by Crippen LogP contribution is -2.02. The van der Waals surface area contributed by atoms with E-state index in [0.717, 1.165) is 24.3 Å². The average molecular weight is 722 g/mol. The first kappa shape index (κ1) is 33.6. The Morgan fingerprint density at radius 2 is 0.936 bits per heavy atom. The summed E-state index contributed by atoms with van der Waals surface area (Å²) in [5.41, 5.74) is 5.35. The summed E-state index contributed by atoms with van der Waals surface area (Å²) in [5, 5.41) is 16.3. The molecule has 0 aromatic heterocycles. The minimum atomic E-state index is -4.94. The third-order valence-corrected chi connectivity index (χ3v) is 10.1. The first-order chi connectivity index (χ1) is 21.7. The maximum Gasteiger partial charge on any atom is 0.296 e. The van der Waals surface area contributed by atoms with E-state index in [2.05, 4.69) is 20.5 Å². The van der Waals surface area contributed by atoms with Crippen LogP contribution in [0.25, 0.3) is 21.5 Å². The zero-order valence-corrected chi connectivity index (χ0v) is 26.3. The molecule has 6 N–H and O–H groups in total. The van der Waals surface area contributed by atoms with E-state index in [9.17, 15) is 51.9 Å². The summed E-state index contributed by atoms with van der Waals surface area (Å²) in [4.78, 5) is -2.62. The number of nitrogens with zero attached hydrogens (tertiary/aromatic N) is 4. The lowest BCUT2D eigenvalue weighted by Gasteiger charge is -2.09. The Labute approximate surface area is 266 Å². The van der Waals surface area contributed by atoms with Crippen molar-refractivity contribution in [2.45, 2.75) is 19.6 Å². The van der Waals surface area contributed by atoms with Gasteiger partial charge in [-0.1, -0.05) is 18.2 Å². The monoisotopic (exact) mass is 721 g/mol. The van der Waals surface area contributed by atoms with Crippen molar-refractivity contribution in [3.8, 4) is 0 Å². The second kappa shape index (κ2) is 11.8. The van der Waals surface area contributed by atoms with E-state index in [0.29, 0.717) is 12.1 Å². The summed E-state index contributed by atoms with van der Waals surface area (Å²) < 4.78 is 133. The molecule has 17 nitrogen and oxygen atoms in total. The highest BCUT2D eigenvalue weighted by molar-refractivity contribution is 7.86.